The second-order valence-corrected chi connectivity index (χ2v) is 12.1. The van der Waals surface area contributed by atoms with Crippen molar-refractivity contribution in [3.63, 3.8) is 0 Å². The van der Waals surface area contributed by atoms with Crippen LogP contribution < -0.4 is 0 Å². The van der Waals surface area contributed by atoms with Gasteiger partial charge in [0, 0.05) is 5.41 Å². The number of fused-ring (bicyclic) bond motifs is 3. The van der Waals surface area contributed by atoms with Gasteiger partial charge in [-0.3, -0.25) is 0 Å². The van der Waals surface area contributed by atoms with Crippen LogP contribution >= 0.6 is 0 Å². The summed E-state index contributed by atoms with van der Waals surface area (Å²) in [5.74, 6) is 0. The smallest absolute Gasteiger partial charge is 0.0857 e. The third-order valence-electron chi connectivity index (χ3n) is 8.88. The average molecular weight is 573 g/mol. The van der Waals surface area contributed by atoms with Crippen molar-refractivity contribution in [2.75, 3.05) is 0 Å². The van der Waals surface area contributed by atoms with E-state index < -0.39 is 0 Å². The summed E-state index contributed by atoms with van der Waals surface area (Å²) in [7, 11) is 0. The Hall–Kier alpha value is -3.52. The van der Waals surface area contributed by atoms with Crippen molar-refractivity contribution < 1.29 is 0 Å². The Labute approximate surface area is 261 Å². The Bertz CT molecular complexity index is 1240. The molecule has 0 atom stereocenters. The first-order chi connectivity index (χ1) is 21.3. The molecule has 2 nitrogen and oxygen atoms in total. The highest BCUT2D eigenvalue weighted by Crippen LogP contribution is 2.54. The van der Waals surface area contributed by atoms with Crippen LogP contribution in [0.15, 0.2) is 119 Å². The number of azo groups is 1. The summed E-state index contributed by atoms with van der Waals surface area (Å²) < 4.78 is 0. The lowest BCUT2D eigenvalue weighted by Crippen LogP contribution is -2.25. The van der Waals surface area contributed by atoms with Crippen molar-refractivity contribution in [2.45, 2.75) is 109 Å². The zero-order valence-corrected chi connectivity index (χ0v) is 26.7. The molecule has 0 bridgehead atoms. The van der Waals surface area contributed by atoms with Gasteiger partial charge in [-0.15, -0.1) is 0 Å². The number of nitrogens with zero attached hydrogens (tertiary/aromatic N) is 2. The van der Waals surface area contributed by atoms with Crippen LogP contribution in [0.5, 0.6) is 0 Å². The zero-order valence-electron chi connectivity index (χ0n) is 26.7. The van der Waals surface area contributed by atoms with Crippen LogP contribution in [0.2, 0.25) is 0 Å². The lowest BCUT2D eigenvalue weighted by Gasteiger charge is -2.33. The van der Waals surface area contributed by atoms with E-state index in [0.29, 0.717) is 0 Å². The van der Waals surface area contributed by atoms with Crippen LogP contribution in [-0.4, -0.2) is 0 Å². The van der Waals surface area contributed by atoms with Gasteiger partial charge < -0.3 is 0 Å². The molecule has 0 amide bonds. The summed E-state index contributed by atoms with van der Waals surface area (Å²) in [4.78, 5) is 0. The van der Waals surface area contributed by atoms with E-state index in [0.717, 1.165) is 11.4 Å². The number of hydrogen-bond donors (Lipinski definition) is 0. The Morgan fingerprint density at radius 3 is 1.16 bits per heavy atom. The molecule has 1 aliphatic carbocycles. The van der Waals surface area contributed by atoms with E-state index in [4.69, 9.17) is 0 Å². The summed E-state index contributed by atoms with van der Waals surface area (Å²) in [6, 6.07) is 38.0. The predicted octanol–water partition coefficient (Wildman–Crippen LogP) is 13.6. The normalized spacial score (nSPS) is 12.9. The van der Waals surface area contributed by atoms with E-state index in [1.54, 1.807) is 11.1 Å². The van der Waals surface area contributed by atoms with Crippen molar-refractivity contribution in [1.29, 1.82) is 0 Å². The second-order valence-electron chi connectivity index (χ2n) is 12.1. The van der Waals surface area contributed by atoms with Crippen LogP contribution in [0.3, 0.4) is 0 Å². The molecule has 0 N–H and O–H groups in total. The van der Waals surface area contributed by atoms with Gasteiger partial charge in [0.05, 0.1) is 11.4 Å². The van der Waals surface area contributed by atoms with Gasteiger partial charge >= 0.3 is 0 Å². The molecular weight excluding hydrogens is 520 g/mol. The maximum absolute atomic E-state index is 4.10. The van der Waals surface area contributed by atoms with Gasteiger partial charge in [-0.2, -0.15) is 10.2 Å². The molecule has 226 valence electrons. The zero-order chi connectivity index (χ0) is 30.0. The standard InChI is InChI=1S/C29H42.C12H10N2/c1-3-5-7-9-11-17-23-29(24-18-12-10-8-6-4-2)27-21-15-13-19-25(27)26-20-14-16-22-28(26)29;1-3-7-11(8-4-1)13-14-12-9-5-2-6-10-12/h13-16,19-22H,3-12,17-18,23-24H2,1-2H3;1-10H. The van der Waals surface area contributed by atoms with E-state index >= 15 is 0 Å². The minimum Gasteiger partial charge on any atom is -0.151 e. The van der Waals surface area contributed by atoms with Crippen LogP contribution in [0.25, 0.3) is 11.1 Å². The highest BCUT2D eigenvalue weighted by molar-refractivity contribution is 5.80. The molecule has 0 aromatic heterocycles. The Kier molecular flexibility index (Phi) is 13.7. The van der Waals surface area contributed by atoms with Crippen LogP contribution in [0, 0.1) is 0 Å². The molecule has 0 saturated heterocycles. The van der Waals surface area contributed by atoms with Crippen LogP contribution in [0.4, 0.5) is 11.4 Å². The number of rotatable bonds is 16. The fourth-order valence-corrected chi connectivity index (χ4v) is 6.60. The maximum atomic E-state index is 4.10. The largest absolute Gasteiger partial charge is 0.151 e. The van der Waals surface area contributed by atoms with E-state index in [1.165, 1.54) is 101 Å². The molecule has 0 heterocycles. The molecule has 0 fully saturated rings. The minimum atomic E-state index is 0.253. The quantitative estimate of drug-likeness (QED) is 0.0942. The summed E-state index contributed by atoms with van der Waals surface area (Å²) in [5, 5.41) is 8.20. The van der Waals surface area contributed by atoms with Gasteiger partial charge in [0.15, 0.2) is 0 Å². The fourth-order valence-electron chi connectivity index (χ4n) is 6.60. The first-order valence-corrected chi connectivity index (χ1v) is 17.0. The Morgan fingerprint density at radius 2 is 0.744 bits per heavy atom. The first-order valence-electron chi connectivity index (χ1n) is 17.0. The summed E-state index contributed by atoms with van der Waals surface area (Å²) in [6.07, 6.45) is 19.3. The molecule has 43 heavy (non-hydrogen) atoms. The molecule has 0 radical (unpaired) electrons. The molecule has 0 unspecified atom stereocenters. The van der Waals surface area contributed by atoms with E-state index in [9.17, 15) is 0 Å². The van der Waals surface area contributed by atoms with Crippen molar-refractivity contribution >= 4 is 11.4 Å². The van der Waals surface area contributed by atoms with E-state index in [-0.39, 0.29) is 5.41 Å². The predicted molar refractivity (Wildman–Crippen MR) is 186 cm³/mol. The molecule has 1 aliphatic rings. The third kappa shape index (κ3) is 9.48. The van der Waals surface area contributed by atoms with Gasteiger partial charge in [-0.05, 0) is 59.4 Å². The van der Waals surface area contributed by atoms with Crippen LogP contribution in [0.1, 0.15) is 115 Å². The van der Waals surface area contributed by atoms with Crippen molar-refractivity contribution in [3.05, 3.63) is 120 Å². The molecular formula is C41H52N2. The molecule has 2 heteroatoms. The molecule has 0 aliphatic heterocycles. The third-order valence-corrected chi connectivity index (χ3v) is 8.88. The van der Waals surface area contributed by atoms with Crippen molar-refractivity contribution in [1.82, 2.24) is 0 Å². The molecule has 4 aromatic carbocycles. The van der Waals surface area contributed by atoms with Gasteiger partial charge in [0.1, 0.15) is 0 Å². The van der Waals surface area contributed by atoms with Gasteiger partial charge in [-0.1, -0.05) is 176 Å². The van der Waals surface area contributed by atoms with Crippen LogP contribution in [-0.2, 0) is 5.41 Å². The van der Waals surface area contributed by atoms with Gasteiger partial charge in [-0.25, -0.2) is 0 Å². The molecule has 0 saturated carbocycles. The SMILES string of the molecule is CCCCCCCCC1(CCCCCCCC)c2ccccc2-c2ccccc21.c1ccc(N=Nc2ccccc2)cc1. The summed E-state index contributed by atoms with van der Waals surface area (Å²) in [5.41, 5.74) is 8.22. The van der Waals surface area contributed by atoms with E-state index in [1.807, 2.05) is 60.7 Å². The molecule has 5 rings (SSSR count). The number of hydrogen-bond acceptors (Lipinski definition) is 2. The van der Waals surface area contributed by atoms with E-state index in [2.05, 4.69) is 72.6 Å². The average Bonchev–Trinajstić information content (AvgIpc) is 3.34. The lowest BCUT2D eigenvalue weighted by atomic mass is 9.70. The van der Waals surface area contributed by atoms with Gasteiger partial charge in [0.25, 0.3) is 0 Å². The maximum Gasteiger partial charge on any atom is 0.0857 e. The fraction of sp³-hybridized carbons (Fsp3) is 0.415. The summed E-state index contributed by atoms with van der Waals surface area (Å²) in [6.45, 7) is 4.61. The Morgan fingerprint density at radius 1 is 0.395 bits per heavy atom. The molecule has 4 aromatic rings. The lowest BCUT2D eigenvalue weighted by molar-refractivity contribution is 0.398. The number of benzene rings is 4. The molecule has 0 spiro atoms. The minimum absolute atomic E-state index is 0.253. The van der Waals surface area contributed by atoms with Crippen molar-refractivity contribution in [2.24, 2.45) is 10.2 Å². The van der Waals surface area contributed by atoms with Crippen molar-refractivity contribution in [3.8, 4) is 11.1 Å². The monoisotopic (exact) mass is 572 g/mol. The second kappa shape index (κ2) is 18.2. The highest BCUT2D eigenvalue weighted by atomic mass is 15.1. The highest BCUT2D eigenvalue weighted by Gasteiger charge is 2.41. The topological polar surface area (TPSA) is 24.7 Å². The Balaban J connectivity index is 0.000000251. The number of unbranched alkanes of at least 4 members (excludes halogenated alkanes) is 10. The van der Waals surface area contributed by atoms with Gasteiger partial charge in [0.2, 0.25) is 0 Å². The first kappa shape index (κ1) is 32.4. The summed E-state index contributed by atoms with van der Waals surface area (Å²) >= 11 is 0.